The van der Waals surface area contributed by atoms with Gasteiger partial charge in [0.2, 0.25) is 0 Å². The van der Waals surface area contributed by atoms with Crippen LogP contribution in [0.5, 0.6) is 0 Å². The zero-order valence-electron chi connectivity index (χ0n) is 9.90. The SMILES string of the molecule is Cc1ccc(NC(=O)c2ccc(C)cn2)cc1. The van der Waals surface area contributed by atoms with E-state index in [9.17, 15) is 4.79 Å². The monoisotopic (exact) mass is 226 g/mol. The number of aromatic nitrogens is 1. The molecule has 86 valence electrons. The average molecular weight is 226 g/mol. The zero-order valence-corrected chi connectivity index (χ0v) is 9.90. The minimum absolute atomic E-state index is 0.186. The number of carbonyl (C=O) groups excluding carboxylic acids is 1. The summed E-state index contributed by atoms with van der Waals surface area (Å²) in [5.41, 5.74) is 3.41. The minimum Gasteiger partial charge on any atom is -0.321 e. The molecule has 1 N–H and O–H groups in total. The molecule has 0 unspecified atom stereocenters. The highest BCUT2D eigenvalue weighted by Gasteiger charge is 2.06. The van der Waals surface area contributed by atoms with Crippen LogP contribution in [0.2, 0.25) is 0 Å². The smallest absolute Gasteiger partial charge is 0.274 e. The van der Waals surface area contributed by atoms with E-state index in [2.05, 4.69) is 10.3 Å². The molecule has 0 aliphatic rings. The van der Waals surface area contributed by atoms with Gasteiger partial charge in [-0.3, -0.25) is 9.78 Å². The maximum absolute atomic E-state index is 11.8. The van der Waals surface area contributed by atoms with E-state index in [1.165, 1.54) is 0 Å². The second kappa shape index (κ2) is 4.78. The fourth-order valence-corrected chi connectivity index (χ4v) is 1.43. The Morgan fingerprint density at radius 2 is 1.65 bits per heavy atom. The van der Waals surface area contributed by atoms with Crippen molar-refractivity contribution in [2.45, 2.75) is 13.8 Å². The molecule has 0 saturated carbocycles. The standard InChI is InChI=1S/C14H14N2O/c1-10-3-6-12(7-4-10)16-14(17)13-8-5-11(2)9-15-13/h3-9H,1-2H3,(H,16,17). The summed E-state index contributed by atoms with van der Waals surface area (Å²) in [6.07, 6.45) is 1.68. The lowest BCUT2D eigenvalue weighted by atomic mass is 10.2. The lowest BCUT2D eigenvalue weighted by molar-refractivity contribution is 0.102. The number of hydrogen-bond acceptors (Lipinski definition) is 2. The van der Waals surface area contributed by atoms with E-state index < -0.39 is 0 Å². The maximum Gasteiger partial charge on any atom is 0.274 e. The van der Waals surface area contributed by atoms with E-state index in [-0.39, 0.29) is 5.91 Å². The van der Waals surface area contributed by atoms with E-state index in [1.807, 2.05) is 44.2 Å². The molecule has 1 aromatic carbocycles. The molecule has 0 aliphatic carbocycles. The summed E-state index contributed by atoms with van der Waals surface area (Å²) in [7, 11) is 0. The molecule has 17 heavy (non-hydrogen) atoms. The number of nitrogens with zero attached hydrogens (tertiary/aromatic N) is 1. The fourth-order valence-electron chi connectivity index (χ4n) is 1.43. The number of anilines is 1. The maximum atomic E-state index is 11.8. The zero-order chi connectivity index (χ0) is 12.3. The van der Waals surface area contributed by atoms with Crippen LogP contribution in [0.25, 0.3) is 0 Å². The van der Waals surface area contributed by atoms with Crippen LogP contribution in [0, 0.1) is 13.8 Å². The highest BCUT2D eigenvalue weighted by atomic mass is 16.1. The topological polar surface area (TPSA) is 42.0 Å². The van der Waals surface area contributed by atoms with Gasteiger partial charge < -0.3 is 5.32 Å². The molecular formula is C14H14N2O. The quantitative estimate of drug-likeness (QED) is 0.855. The molecule has 0 aliphatic heterocycles. The molecule has 1 heterocycles. The molecule has 1 aromatic heterocycles. The van der Waals surface area contributed by atoms with E-state index in [1.54, 1.807) is 12.3 Å². The summed E-state index contributed by atoms with van der Waals surface area (Å²) in [6.45, 7) is 3.95. The highest BCUT2D eigenvalue weighted by Crippen LogP contribution is 2.10. The van der Waals surface area contributed by atoms with Crippen molar-refractivity contribution in [2.24, 2.45) is 0 Å². The molecular weight excluding hydrogens is 212 g/mol. The molecule has 1 amide bonds. The van der Waals surface area contributed by atoms with Gasteiger partial charge in [-0.25, -0.2) is 0 Å². The molecule has 0 saturated heterocycles. The van der Waals surface area contributed by atoms with Crippen molar-refractivity contribution in [3.8, 4) is 0 Å². The first-order valence-electron chi connectivity index (χ1n) is 5.46. The Hall–Kier alpha value is -2.16. The van der Waals surface area contributed by atoms with Crippen LogP contribution in [-0.2, 0) is 0 Å². The Labute approximate surface area is 101 Å². The van der Waals surface area contributed by atoms with Gasteiger partial charge >= 0.3 is 0 Å². The van der Waals surface area contributed by atoms with Crippen LogP contribution >= 0.6 is 0 Å². The van der Waals surface area contributed by atoms with Crippen molar-refractivity contribution in [3.63, 3.8) is 0 Å². The van der Waals surface area contributed by atoms with Gasteiger partial charge in [0.25, 0.3) is 5.91 Å². The summed E-state index contributed by atoms with van der Waals surface area (Å²) in [5, 5.41) is 2.80. The summed E-state index contributed by atoms with van der Waals surface area (Å²) in [4.78, 5) is 15.9. The summed E-state index contributed by atoms with van der Waals surface area (Å²) in [5.74, 6) is -0.186. The van der Waals surface area contributed by atoms with Crippen molar-refractivity contribution in [2.75, 3.05) is 5.32 Å². The molecule has 2 aromatic rings. The number of rotatable bonds is 2. The van der Waals surface area contributed by atoms with Crippen molar-refractivity contribution in [1.82, 2.24) is 4.98 Å². The van der Waals surface area contributed by atoms with Crippen LogP contribution in [0.4, 0.5) is 5.69 Å². The summed E-state index contributed by atoms with van der Waals surface area (Å²) >= 11 is 0. The summed E-state index contributed by atoms with van der Waals surface area (Å²) < 4.78 is 0. The van der Waals surface area contributed by atoms with E-state index in [0.717, 1.165) is 16.8 Å². The minimum atomic E-state index is -0.186. The fraction of sp³-hybridized carbons (Fsp3) is 0.143. The van der Waals surface area contributed by atoms with Crippen LogP contribution in [0.1, 0.15) is 21.6 Å². The number of carbonyl (C=O) groups is 1. The Kier molecular flexibility index (Phi) is 3.19. The normalized spacial score (nSPS) is 10.0. The lowest BCUT2D eigenvalue weighted by Gasteiger charge is -2.05. The largest absolute Gasteiger partial charge is 0.321 e. The van der Waals surface area contributed by atoms with Gasteiger partial charge in [0.05, 0.1) is 0 Å². The molecule has 0 radical (unpaired) electrons. The molecule has 2 rings (SSSR count). The molecule has 0 spiro atoms. The van der Waals surface area contributed by atoms with Gasteiger partial charge in [-0.05, 0) is 37.6 Å². The molecule has 0 atom stereocenters. The van der Waals surface area contributed by atoms with E-state index >= 15 is 0 Å². The van der Waals surface area contributed by atoms with E-state index in [4.69, 9.17) is 0 Å². The first-order valence-corrected chi connectivity index (χ1v) is 5.46. The Balaban J connectivity index is 2.11. The highest BCUT2D eigenvalue weighted by molar-refractivity contribution is 6.02. The molecule has 3 nitrogen and oxygen atoms in total. The van der Waals surface area contributed by atoms with Crippen LogP contribution in [-0.4, -0.2) is 10.9 Å². The Bertz CT molecular complexity index is 515. The second-order valence-corrected chi connectivity index (χ2v) is 4.04. The molecule has 0 fully saturated rings. The first kappa shape index (κ1) is 11.3. The van der Waals surface area contributed by atoms with Gasteiger partial charge in [0, 0.05) is 11.9 Å². The number of hydrogen-bond donors (Lipinski definition) is 1. The van der Waals surface area contributed by atoms with Gasteiger partial charge in [0.15, 0.2) is 0 Å². The third-order valence-electron chi connectivity index (χ3n) is 2.45. The number of amides is 1. The average Bonchev–Trinajstić information content (AvgIpc) is 2.33. The van der Waals surface area contributed by atoms with Gasteiger partial charge in [0.1, 0.15) is 5.69 Å². The number of benzene rings is 1. The van der Waals surface area contributed by atoms with Crippen LogP contribution in [0.3, 0.4) is 0 Å². The number of nitrogens with one attached hydrogen (secondary N) is 1. The van der Waals surface area contributed by atoms with Crippen molar-refractivity contribution >= 4 is 11.6 Å². The number of pyridine rings is 1. The first-order chi connectivity index (χ1) is 8.15. The third-order valence-corrected chi connectivity index (χ3v) is 2.45. The van der Waals surface area contributed by atoms with Crippen molar-refractivity contribution < 1.29 is 4.79 Å². The Morgan fingerprint density at radius 3 is 2.24 bits per heavy atom. The third kappa shape index (κ3) is 2.91. The van der Waals surface area contributed by atoms with Gasteiger partial charge in [-0.2, -0.15) is 0 Å². The van der Waals surface area contributed by atoms with Gasteiger partial charge in [-0.15, -0.1) is 0 Å². The van der Waals surface area contributed by atoms with Crippen LogP contribution in [0.15, 0.2) is 42.6 Å². The predicted molar refractivity (Wildman–Crippen MR) is 68.1 cm³/mol. The molecule has 0 bridgehead atoms. The van der Waals surface area contributed by atoms with Crippen molar-refractivity contribution in [3.05, 3.63) is 59.4 Å². The van der Waals surface area contributed by atoms with Crippen molar-refractivity contribution in [1.29, 1.82) is 0 Å². The lowest BCUT2D eigenvalue weighted by Crippen LogP contribution is -2.13. The van der Waals surface area contributed by atoms with Gasteiger partial charge in [-0.1, -0.05) is 23.8 Å². The number of aryl methyl sites for hydroxylation is 2. The Morgan fingerprint density at radius 1 is 1.00 bits per heavy atom. The molecule has 3 heteroatoms. The second-order valence-electron chi connectivity index (χ2n) is 4.04. The van der Waals surface area contributed by atoms with Crippen LogP contribution < -0.4 is 5.32 Å². The van der Waals surface area contributed by atoms with E-state index in [0.29, 0.717) is 5.69 Å². The summed E-state index contributed by atoms with van der Waals surface area (Å²) in [6, 6.07) is 11.3. The predicted octanol–water partition coefficient (Wildman–Crippen LogP) is 2.95.